The molecule has 18 nitrogen and oxygen atoms in total. The van der Waals surface area contributed by atoms with E-state index in [0.717, 1.165) is 69.3 Å². The number of hydrogen-bond acceptors (Lipinski definition) is 12. The molecular weight excluding hydrogens is 771 g/mol. The van der Waals surface area contributed by atoms with Crippen LogP contribution in [0.2, 0.25) is 0 Å². The number of nitrogens with zero attached hydrogens (tertiary/aromatic N) is 4. The van der Waals surface area contributed by atoms with Crippen molar-refractivity contribution in [2.45, 2.75) is 82.3 Å². The van der Waals surface area contributed by atoms with Gasteiger partial charge in [0.25, 0.3) is 0 Å². The molecule has 0 aliphatic carbocycles. The van der Waals surface area contributed by atoms with Crippen LogP contribution in [0.4, 0.5) is 5.82 Å². The predicted molar refractivity (Wildman–Crippen MR) is 215 cm³/mol. The van der Waals surface area contributed by atoms with E-state index < -0.39 is 59.4 Å². The van der Waals surface area contributed by atoms with Gasteiger partial charge in [-0.15, -0.1) is 11.8 Å². The van der Waals surface area contributed by atoms with E-state index in [1.807, 2.05) is 48.5 Å². The van der Waals surface area contributed by atoms with Crippen molar-refractivity contribution in [2.24, 2.45) is 5.73 Å². The molecule has 3 heterocycles. The number of imidazole rings is 1. The fourth-order valence-corrected chi connectivity index (χ4v) is 7.61. The third-order valence-corrected chi connectivity index (χ3v) is 10.9. The van der Waals surface area contributed by atoms with Gasteiger partial charge in [-0.25, -0.2) is 9.97 Å². The number of carbonyl (C=O) groups is 7. The first kappa shape index (κ1) is 43.1. The number of benzene rings is 2. The van der Waals surface area contributed by atoms with Gasteiger partial charge in [-0.05, 0) is 30.0 Å². The van der Waals surface area contributed by atoms with Crippen molar-refractivity contribution in [1.29, 1.82) is 0 Å². The molecule has 1 fully saturated rings. The minimum absolute atomic E-state index is 0.137. The second kappa shape index (κ2) is 19.9. The number of imide groups is 1. The number of hydrogen-bond donors (Lipinski definition) is 7. The average molecular weight is 818 g/mol. The molecule has 5 rings (SSSR count). The van der Waals surface area contributed by atoms with E-state index in [4.69, 9.17) is 26.7 Å². The van der Waals surface area contributed by atoms with Crippen LogP contribution in [0.5, 0.6) is 0 Å². The van der Waals surface area contributed by atoms with E-state index >= 15 is 0 Å². The summed E-state index contributed by atoms with van der Waals surface area (Å²) >= 11 is 0.923. The number of aromatic nitrogens is 3. The highest BCUT2D eigenvalue weighted by molar-refractivity contribution is 8.00. The van der Waals surface area contributed by atoms with Crippen molar-refractivity contribution in [3.05, 3.63) is 65.5 Å². The lowest BCUT2D eigenvalue weighted by Crippen LogP contribution is -2.50. The van der Waals surface area contributed by atoms with Crippen LogP contribution in [-0.2, 0) is 53.1 Å². The number of aryl methyl sites for hydroxylation is 1. The first-order chi connectivity index (χ1) is 27.7. The Balaban J connectivity index is 1.13. The molecule has 0 spiro atoms. The highest BCUT2D eigenvalue weighted by Crippen LogP contribution is 2.30. The van der Waals surface area contributed by atoms with Gasteiger partial charge in [0.2, 0.25) is 29.5 Å². The zero-order valence-electron chi connectivity index (χ0n) is 31.9. The quantitative estimate of drug-likeness (QED) is 0.0584. The van der Waals surface area contributed by atoms with E-state index in [1.54, 1.807) is 0 Å². The predicted octanol–water partition coefficient (Wildman–Crippen LogP) is 1.30. The van der Waals surface area contributed by atoms with Gasteiger partial charge < -0.3 is 42.2 Å². The van der Waals surface area contributed by atoms with E-state index in [2.05, 4.69) is 32.4 Å². The number of anilines is 1. The van der Waals surface area contributed by atoms with Gasteiger partial charge in [-0.2, -0.15) is 0 Å². The highest BCUT2D eigenvalue weighted by Gasteiger charge is 2.39. The Kier molecular flexibility index (Phi) is 14.7. The fraction of sp³-hybridized carbons (Fsp3) is 0.410. The Morgan fingerprint density at radius 1 is 0.966 bits per heavy atom. The lowest BCUT2D eigenvalue weighted by atomic mass is 10.1. The first-order valence-electron chi connectivity index (χ1n) is 18.9. The number of carboxylic acids is 2. The summed E-state index contributed by atoms with van der Waals surface area (Å²) < 4.78 is 2.20. The van der Waals surface area contributed by atoms with Gasteiger partial charge in [0.05, 0.1) is 16.3 Å². The van der Waals surface area contributed by atoms with Crippen LogP contribution in [0.1, 0.15) is 62.4 Å². The number of unbranched alkanes of at least 4 members (excludes halogenated alkanes) is 1. The molecule has 2 aromatic heterocycles. The number of carbonyl (C=O) groups excluding carboxylic acids is 5. The molecular formula is C39H47N9O9S. The Hall–Kier alpha value is -6.08. The van der Waals surface area contributed by atoms with Gasteiger partial charge in [0.1, 0.15) is 30.0 Å². The molecule has 19 heteroatoms. The molecule has 0 bridgehead atoms. The fourth-order valence-electron chi connectivity index (χ4n) is 6.42. The summed E-state index contributed by atoms with van der Waals surface area (Å²) in [7, 11) is 0. The molecule has 58 heavy (non-hydrogen) atoms. The van der Waals surface area contributed by atoms with Gasteiger partial charge in [-0.3, -0.25) is 38.5 Å². The number of pyridine rings is 1. The number of likely N-dealkylation sites (tertiary alicyclic amines) is 1. The third-order valence-electron chi connectivity index (χ3n) is 9.59. The topological polar surface area (TPSA) is 282 Å². The summed E-state index contributed by atoms with van der Waals surface area (Å²) in [6, 6.07) is 13.1. The number of thioether (sulfide) groups is 1. The lowest BCUT2D eigenvalue weighted by Gasteiger charge is -2.20. The number of aliphatic carboxylic acids is 2. The molecule has 1 aliphatic rings. The van der Waals surface area contributed by atoms with Gasteiger partial charge >= 0.3 is 11.9 Å². The molecule has 2 aromatic carbocycles. The standard InChI is InChI=1S/C39H47N9O9S/c1-2-3-8-29-46-34-35(24-6-4-5-7-26(24)45-36(34)41)48(29)20-23-11-9-22(10-12-23)18-42-30(49)15-16-47-32(51)17-28(38(47)55)58-21-27(37(54)43-19-33(52)53)44-31(50)14-13-25(40)39(56)57/h4-7,9-12,25,27-28H,2-3,8,13-21,40H2,1H3,(H2,41,45)(H,42,49)(H,43,54)(H,44,50)(H,52,53)(H,56,57)/t25-,27-,28?/m1/s1. The van der Waals surface area contributed by atoms with Crippen molar-refractivity contribution < 1.29 is 43.8 Å². The van der Waals surface area contributed by atoms with E-state index in [9.17, 15) is 33.6 Å². The Labute approximate surface area is 337 Å². The lowest BCUT2D eigenvalue weighted by molar-refractivity contribution is -0.140. The normalized spacial score (nSPS) is 15.1. The summed E-state index contributed by atoms with van der Waals surface area (Å²) in [6.45, 7) is 2.04. The summed E-state index contributed by atoms with van der Waals surface area (Å²) in [4.78, 5) is 96.2. The average Bonchev–Trinajstić information content (AvgIpc) is 3.70. The van der Waals surface area contributed by atoms with Crippen LogP contribution in [0, 0.1) is 0 Å². The molecule has 308 valence electrons. The number of nitrogens with one attached hydrogen (secondary N) is 3. The summed E-state index contributed by atoms with van der Waals surface area (Å²) in [5.41, 5.74) is 16.1. The van der Waals surface area contributed by atoms with Crippen molar-refractivity contribution in [3.8, 4) is 0 Å². The SMILES string of the molecule is CCCCc1nc2c(N)nc3ccccc3c2n1Cc1ccc(CNC(=O)CCN2C(=O)CC(SC[C@@H](NC(=O)CC[C@@H](N)C(=O)O)C(=O)NCC(=O)O)C2=O)cc1. The minimum atomic E-state index is -1.32. The molecule has 0 radical (unpaired) electrons. The van der Waals surface area contributed by atoms with Gasteiger partial charge in [-0.1, -0.05) is 55.8 Å². The summed E-state index contributed by atoms with van der Waals surface area (Å²) in [6.07, 6.45) is 1.92. The largest absolute Gasteiger partial charge is 0.480 e. The summed E-state index contributed by atoms with van der Waals surface area (Å²) in [5, 5.41) is 25.4. The maximum absolute atomic E-state index is 13.1. The van der Waals surface area contributed by atoms with Crippen LogP contribution in [0.25, 0.3) is 21.9 Å². The Morgan fingerprint density at radius 2 is 1.69 bits per heavy atom. The molecule has 1 aliphatic heterocycles. The number of para-hydroxylation sites is 1. The number of amides is 5. The number of rotatable bonds is 21. The molecule has 0 saturated carbocycles. The third kappa shape index (κ3) is 11.1. The second-order valence-corrected chi connectivity index (χ2v) is 15.1. The number of carboxylic acid groups (broad SMARTS) is 2. The van der Waals surface area contributed by atoms with Crippen LogP contribution in [0.3, 0.4) is 0 Å². The molecule has 1 saturated heterocycles. The maximum Gasteiger partial charge on any atom is 0.322 e. The smallest absolute Gasteiger partial charge is 0.322 e. The van der Waals surface area contributed by atoms with Crippen LogP contribution in [0.15, 0.2) is 48.5 Å². The van der Waals surface area contributed by atoms with E-state index in [0.29, 0.717) is 17.9 Å². The molecule has 5 amide bonds. The van der Waals surface area contributed by atoms with Crippen LogP contribution < -0.4 is 27.4 Å². The minimum Gasteiger partial charge on any atom is -0.480 e. The highest BCUT2D eigenvalue weighted by atomic mass is 32.2. The monoisotopic (exact) mass is 817 g/mol. The van der Waals surface area contributed by atoms with Crippen LogP contribution in [-0.4, -0.2) is 107 Å². The van der Waals surface area contributed by atoms with Gasteiger partial charge in [0.15, 0.2) is 5.82 Å². The number of fused-ring (bicyclic) bond motifs is 3. The van der Waals surface area contributed by atoms with Crippen molar-refractivity contribution in [1.82, 2.24) is 35.4 Å². The van der Waals surface area contributed by atoms with E-state index in [-0.39, 0.29) is 50.4 Å². The number of nitrogen functional groups attached to an aromatic ring is 1. The molecule has 9 N–H and O–H groups in total. The van der Waals surface area contributed by atoms with Crippen molar-refractivity contribution in [2.75, 3.05) is 24.6 Å². The van der Waals surface area contributed by atoms with Gasteiger partial charge in [0, 0.05) is 56.5 Å². The second-order valence-electron chi connectivity index (χ2n) is 13.9. The first-order valence-corrected chi connectivity index (χ1v) is 19.9. The Bertz CT molecular complexity index is 2190. The zero-order chi connectivity index (χ0) is 41.9. The Morgan fingerprint density at radius 3 is 2.40 bits per heavy atom. The molecule has 4 aromatic rings. The maximum atomic E-state index is 13.1. The van der Waals surface area contributed by atoms with E-state index in [1.165, 1.54) is 0 Å². The van der Waals surface area contributed by atoms with Crippen LogP contribution >= 0.6 is 11.8 Å². The number of nitrogens with two attached hydrogens (primary N) is 2. The van der Waals surface area contributed by atoms with Crippen molar-refractivity contribution in [3.63, 3.8) is 0 Å². The molecule has 3 atom stereocenters. The van der Waals surface area contributed by atoms with Crippen molar-refractivity contribution >= 4 is 81.0 Å². The zero-order valence-corrected chi connectivity index (χ0v) is 32.8. The molecule has 1 unspecified atom stereocenters. The summed E-state index contributed by atoms with van der Waals surface area (Å²) in [5.74, 6) is -4.47.